The lowest BCUT2D eigenvalue weighted by Gasteiger charge is -2.54. The normalized spacial score (nSPS) is 29.5. The van der Waals surface area contributed by atoms with E-state index in [1.54, 1.807) is 12.4 Å². The highest BCUT2D eigenvalue weighted by Crippen LogP contribution is 2.55. The number of fused-ring (bicyclic) bond motifs is 3. The molecular formula is C27H33N3O5. The molecule has 5 rings (SSSR count). The summed E-state index contributed by atoms with van der Waals surface area (Å²) in [5.74, 6) is 0.647. The van der Waals surface area contributed by atoms with Crippen LogP contribution in [0.5, 0.6) is 5.75 Å². The second kappa shape index (κ2) is 8.90. The Bertz CT molecular complexity index is 1120. The smallest absolute Gasteiger partial charge is 0.303 e. The van der Waals surface area contributed by atoms with Crippen LogP contribution in [0, 0.1) is 5.92 Å². The van der Waals surface area contributed by atoms with Crippen molar-refractivity contribution in [3.63, 3.8) is 0 Å². The lowest BCUT2D eigenvalue weighted by molar-refractivity contribution is -0.169. The Hall–Kier alpha value is -3.00. The molecule has 0 saturated carbocycles. The molecule has 1 aromatic heterocycles. The van der Waals surface area contributed by atoms with E-state index in [1.165, 1.54) is 0 Å². The summed E-state index contributed by atoms with van der Waals surface area (Å²) in [7, 11) is 0. The first-order valence-corrected chi connectivity index (χ1v) is 12.5. The van der Waals surface area contributed by atoms with Crippen molar-refractivity contribution in [3.8, 4) is 5.75 Å². The van der Waals surface area contributed by atoms with Crippen LogP contribution < -0.4 is 4.74 Å². The Labute approximate surface area is 205 Å². The molecule has 4 heterocycles. The Morgan fingerprint density at radius 2 is 1.97 bits per heavy atom. The molecule has 1 aromatic carbocycles. The van der Waals surface area contributed by atoms with Crippen molar-refractivity contribution in [3.05, 3.63) is 53.6 Å². The maximum atomic E-state index is 13.6. The third-order valence-electron chi connectivity index (χ3n) is 7.96. The quantitative estimate of drug-likeness (QED) is 0.679. The van der Waals surface area contributed by atoms with Gasteiger partial charge in [-0.25, -0.2) is 9.97 Å². The van der Waals surface area contributed by atoms with E-state index >= 15 is 0 Å². The molecule has 186 valence electrons. The molecule has 3 aliphatic rings. The summed E-state index contributed by atoms with van der Waals surface area (Å²) in [6.45, 7) is 7.12. The lowest BCUT2D eigenvalue weighted by Crippen LogP contribution is -2.60. The minimum Gasteiger partial charge on any atom is -0.487 e. The van der Waals surface area contributed by atoms with Crippen LogP contribution in [0.15, 0.2) is 36.7 Å². The van der Waals surface area contributed by atoms with Crippen molar-refractivity contribution in [2.24, 2.45) is 5.92 Å². The Morgan fingerprint density at radius 3 is 2.69 bits per heavy atom. The summed E-state index contributed by atoms with van der Waals surface area (Å²) < 4.78 is 13.1. The van der Waals surface area contributed by atoms with E-state index in [0.717, 1.165) is 24.2 Å². The molecule has 2 aromatic rings. The van der Waals surface area contributed by atoms with E-state index in [4.69, 9.17) is 9.47 Å². The number of benzene rings is 1. The Balaban J connectivity index is 1.45. The van der Waals surface area contributed by atoms with Crippen LogP contribution in [-0.2, 0) is 9.53 Å². The van der Waals surface area contributed by atoms with Gasteiger partial charge in [-0.2, -0.15) is 0 Å². The fourth-order valence-electron chi connectivity index (χ4n) is 6.03. The molecule has 0 radical (unpaired) electrons. The predicted octanol–water partition coefficient (Wildman–Crippen LogP) is 4.37. The number of hydrogen-bond donors (Lipinski definition) is 1. The van der Waals surface area contributed by atoms with E-state index in [1.807, 2.05) is 49.9 Å². The minimum absolute atomic E-state index is 0.0110. The first kappa shape index (κ1) is 23.7. The maximum Gasteiger partial charge on any atom is 0.303 e. The number of carbonyl (C=O) groups excluding carboxylic acids is 1. The molecular weight excluding hydrogens is 446 g/mol. The largest absolute Gasteiger partial charge is 0.487 e. The van der Waals surface area contributed by atoms with Gasteiger partial charge >= 0.3 is 5.97 Å². The molecule has 0 unspecified atom stereocenters. The van der Waals surface area contributed by atoms with Crippen LogP contribution in [0.3, 0.4) is 0 Å². The van der Waals surface area contributed by atoms with Crippen LogP contribution in [0.25, 0.3) is 0 Å². The van der Waals surface area contributed by atoms with Gasteiger partial charge in [-0.3, -0.25) is 9.59 Å². The molecule has 8 nitrogen and oxygen atoms in total. The number of aromatic nitrogens is 2. The number of carboxylic acids is 1. The van der Waals surface area contributed by atoms with Crippen molar-refractivity contribution in [1.82, 2.24) is 14.9 Å². The highest BCUT2D eigenvalue weighted by atomic mass is 16.5. The second-order valence-corrected chi connectivity index (χ2v) is 10.7. The van der Waals surface area contributed by atoms with Gasteiger partial charge in [0.2, 0.25) is 0 Å². The lowest BCUT2D eigenvalue weighted by atomic mass is 9.68. The Kier molecular flexibility index (Phi) is 6.03. The number of rotatable bonds is 5. The maximum absolute atomic E-state index is 13.6. The first-order valence-electron chi connectivity index (χ1n) is 12.5. The second-order valence-electron chi connectivity index (χ2n) is 10.7. The standard InChI is InChI=1S/C27H33N3O5/c1-17(2)24-28-14-18(15-29-24)25(33)30-12-6-10-27(30)13-20-23(34-16-27)19-7-4-5-8-21(19)35-26(20,3)11-9-22(31)32/h4-5,7-8,14-15,17,20,23H,6,9-13,16H2,1-3H3,(H,31,32)/t20-,23+,26+,27+/m1/s1. The van der Waals surface area contributed by atoms with Crippen molar-refractivity contribution in [2.75, 3.05) is 13.2 Å². The molecule has 4 atom stereocenters. The predicted molar refractivity (Wildman–Crippen MR) is 128 cm³/mol. The highest BCUT2D eigenvalue weighted by Gasteiger charge is 2.57. The van der Waals surface area contributed by atoms with E-state index < -0.39 is 17.1 Å². The van der Waals surface area contributed by atoms with E-state index in [9.17, 15) is 14.7 Å². The fraction of sp³-hybridized carbons (Fsp3) is 0.556. The number of nitrogens with zero attached hydrogens (tertiary/aromatic N) is 3. The van der Waals surface area contributed by atoms with Gasteiger partial charge in [-0.15, -0.1) is 0 Å². The SMILES string of the molecule is CC(C)c1ncc(C(=O)N2CCC[C@]23CO[C@H]2c4ccccc4O[C@@](C)(CCC(=O)O)[C@@H]2C3)cn1. The van der Waals surface area contributed by atoms with Crippen molar-refractivity contribution < 1.29 is 24.2 Å². The summed E-state index contributed by atoms with van der Waals surface area (Å²) in [5, 5.41) is 9.40. The summed E-state index contributed by atoms with van der Waals surface area (Å²) in [6.07, 6.45) is 5.85. The van der Waals surface area contributed by atoms with Gasteiger partial charge < -0.3 is 19.5 Å². The van der Waals surface area contributed by atoms with Gasteiger partial charge in [0, 0.05) is 42.8 Å². The topological polar surface area (TPSA) is 102 Å². The molecule has 1 N–H and O–H groups in total. The van der Waals surface area contributed by atoms with Crippen molar-refractivity contribution in [2.45, 2.75) is 76.0 Å². The fourth-order valence-corrected chi connectivity index (χ4v) is 6.03. The summed E-state index contributed by atoms with van der Waals surface area (Å²) >= 11 is 0. The van der Waals surface area contributed by atoms with Crippen LogP contribution in [0.2, 0.25) is 0 Å². The van der Waals surface area contributed by atoms with Crippen LogP contribution in [0.4, 0.5) is 0 Å². The van der Waals surface area contributed by atoms with Crippen molar-refractivity contribution >= 4 is 11.9 Å². The molecule has 1 amide bonds. The summed E-state index contributed by atoms with van der Waals surface area (Å²) in [4.78, 5) is 35.8. The molecule has 35 heavy (non-hydrogen) atoms. The zero-order chi connectivity index (χ0) is 24.8. The van der Waals surface area contributed by atoms with Crippen LogP contribution in [-0.4, -0.2) is 56.1 Å². The van der Waals surface area contributed by atoms with Crippen LogP contribution in [0.1, 0.15) is 86.6 Å². The monoisotopic (exact) mass is 479 g/mol. The summed E-state index contributed by atoms with van der Waals surface area (Å²) in [5.41, 5.74) is 0.296. The van der Waals surface area contributed by atoms with E-state index in [0.29, 0.717) is 37.4 Å². The number of hydrogen-bond acceptors (Lipinski definition) is 6. The third-order valence-corrected chi connectivity index (χ3v) is 7.96. The van der Waals surface area contributed by atoms with Crippen molar-refractivity contribution in [1.29, 1.82) is 0 Å². The van der Waals surface area contributed by atoms with E-state index in [2.05, 4.69) is 9.97 Å². The van der Waals surface area contributed by atoms with Gasteiger partial charge in [0.25, 0.3) is 5.91 Å². The molecule has 0 bridgehead atoms. The number of para-hydroxylation sites is 1. The number of aliphatic carboxylic acids is 1. The number of carboxylic acid groups (broad SMARTS) is 1. The van der Waals surface area contributed by atoms with Gasteiger partial charge in [-0.1, -0.05) is 32.0 Å². The highest BCUT2D eigenvalue weighted by molar-refractivity contribution is 5.94. The van der Waals surface area contributed by atoms with Gasteiger partial charge in [0.1, 0.15) is 17.2 Å². The first-order chi connectivity index (χ1) is 16.7. The van der Waals surface area contributed by atoms with Crippen LogP contribution >= 0.6 is 0 Å². The summed E-state index contributed by atoms with van der Waals surface area (Å²) in [6, 6.07) is 7.84. The molecule has 2 fully saturated rings. The van der Waals surface area contributed by atoms with Gasteiger partial charge in [-0.05, 0) is 38.7 Å². The molecule has 2 saturated heterocycles. The number of ether oxygens (including phenoxy) is 2. The third kappa shape index (κ3) is 4.18. The molecule has 0 aliphatic carbocycles. The zero-order valence-corrected chi connectivity index (χ0v) is 20.6. The molecule has 3 aliphatic heterocycles. The number of carbonyl (C=O) groups is 2. The number of likely N-dealkylation sites (tertiary alicyclic amines) is 1. The van der Waals surface area contributed by atoms with Gasteiger partial charge in [0.15, 0.2) is 0 Å². The molecule has 8 heteroatoms. The molecule has 1 spiro atoms. The number of amides is 1. The zero-order valence-electron chi connectivity index (χ0n) is 20.6. The Morgan fingerprint density at radius 1 is 1.23 bits per heavy atom. The average Bonchev–Trinajstić information content (AvgIpc) is 3.25. The van der Waals surface area contributed by atoms with E-state index in [-0.39, 0.29) is 30.3 Å². The average molecular weight is 480 g/mol. The van der Waals surface area contributed by atoms with Gasteiger partial charge in [0.05, 0.1) is 23.8 Å². The minimum atomic E-state index is -0.848.